The molecule has 3 fully saturated rings. The van der Waals surface area contributed by atoms with Gasteiger partial charge in [0.05, 0.1) is 11.8 Å². The Bertz CT molecular complexity index is 633. The number of nitrogens with zero attached hydrogens (tertiary/aromatic N) is 2. The fourth-order valence-electron chi connectivity index (χ4n) is 4.55. The van der Waals surface area contributed by atoms with Crippen molar-refractivity contribution in [3.63, 3.8) is 0 Å². The minimum atomic E-state index is -0.186. The molecule has 1 spiro atoms. The molecule has 1 saturated heterocycles. The Morgan fingerprint density at radius 3 is 2.67 bits per heavy atom. The molecule has 3 aliphatic rings. The van der Waals surface area contributed by atoms with Crippen molar-refractivity contribution in [2.45, 2.75) is 64.0 Å². The van der Waals surface area contributed by atoms with Gasteiger partial charge in [-0.3, -0.25) is 5.32 Å². The summed E-state index contributed by atoms with van der Waals surface area (Å²) in [7, 11) is 0. The number of amides is 2. The van der Waals surface area contributed by atoms with Crippen molar-refractivity contribution in [2.24, 2.45) is 11.3 Å². The minimum Gasteiger partial charge on any atom is -0.377 e. The van der Waals surface area contributed by atoms with Crippen molar-refractivity contribution in [1.82, 2.24) is 15.5 Å². The van der Waals surface area contributed by atoms with Crippen molar-refractivity contribution < 1.29 is 9.53 Å². The molecule has 1 aromatic rings. The lowest BCUT2D eigenvalue weighted by atomic mass is 9.46. The summed E-state index contributed by atoms with van der Waals surface area (Å²) < 4.78 is 5.89. The summed E-state index contributed by atoms with van der Waals surface area (Å²) in [5, 5.41) is 14.3. The number of nitrogens with one attached hydrogen (secondary N) is 2. The first kappa shape index (κ1) is 15.8. The zero-order valence-electron chi connectivity index (χ0n) is 14.6. The molecular weight excluding hydrogens is 304 g/mol. The third-order valence-corrected chi connectivity index (χ3v) is 6.00. The average Bonchev–Trinajstić information content (AvgIpc) is 2.88. The summed E-state index contributed by atoms with van der Waals surface area (Å²) in [6, 6.07) is 3.78. The van der Waals surface area contributed by atoms with E-state index >= 15 is 0 Å². The second-order valence-electron chi connectivity index (χ2n) is 8.46. The Morgan fingerprint density at radius 1 is 1.29 bits per heavy atom. The van der Waals surface area contributed by atoms with Gasteiger partial charge in [0.15, 0.2) is 5.82 Å². The topological polar surface area (TPSA) is 76.1 Å². The molecule has 0 radical (unpaired) electrons. The molecule has 0 aromatic carbocycles. The van der Waals surface area contributed by atoms with Gasteiger partial charge in [-0.1, -0.05) is 27.2 Å². The van der Waals surface area contributed by atoms with Gasteiger partial charge < -0.3 is 10.1 Å². The molecule has 2 aliphatic carbocycles. The van der Waals surface area contributed by atoms with Crippen LogP contribution < -0.4 is 10.6 Å². The molecule has 6 nitrogen and oxygen atoms in total. The molecule has 1 aliphatic heterocycles. The number of carbonyl (C=O) groups is 1. The van der Waals surface area contributed by atoms with Crippen LogP contribution in [-0.4, -0.2) is 35.0 Å². The Morgan fingerprint density at radius 2 is 2.08 bits per heavy atom. The summed E-state index contributed by atoms with van der Waals surface area (Å²) in [6.45, 7) is 7.10. The highest BCUT2D eigenvalue weighted by atomic mass is 16.5. The Balaban J connectivity index is 1.38. The predicted molar refractivity (Wildman–Crippen MR) is 90.8 cm³/mol. The third-order valence-electron chi connectivity index (χ3n) is 6.00. The van der Waals surface area contributed by atoms with Crippen molar-refractivity contribution in [2.75, 3.05) is 11.9 Å². The first-order valence-electron chi connectivity index (χ1n) is 8.93. The summed E-state index contributed by atoms with van der Waals surface area (Å²) in [4.78, 5) is 12.4. The Labute approximate surface area is 142 Å². The van der Waals surface area contributed by atoms with E-state index in [2.05, 4.69) is 41.6 Å². The summed E-state index contributed by atoms with van der Waals surface area (Å²) >= 11 is 0. The lowest BCUT2D eigenvalue weighted by Crippen LogP contribution is -2.72. The maximum atomic E-state index is 12.4. The lowest BCUT2D eigenvalue weighted by molar-refractivity contribution is -0.171. The number of hydrogen-bond acceptors (Lipinski definition) is 4. The zero-order chi connectivity index (χ0) is 16.9. The van der Waals surface area contributed by atoms with Crippen LogP contribution in [0.5, 0.6) is 0 Å². The van der Waals surface area contributed by atoms with E-state index in [-0.39, 0.29) is 22.9 Å². The second kappa shape index (κ2) is 5.41. The highest BCUT2D eigenvalue weighted by molar-refractivity contribution is 5.88. The van der Waals surface area contributed by atoms with Crippen molar-refractivity contribution in [3.05, 3.63) is 17.8 Å². The number of carbonyl (C=O) groups excluding carboxylic acids is 1. The zero-order valence-corrected chi connectivity index (χ0v) is 14.6. The highest BCUT2D eigenvalue weighted by Gasteiger charge is 2.66. The monoisotopic (exact) mass is 330 g/mol. The molecule has 130 valence electrons. The second-order valence-corrected chi connectivity index (χ2v) is 8.46. The predicted octanol–water partition coefficient (Wildman–Crippen LogP) is 2.85. The molecule has 1 aromatic heterocycles. The van der Waals surface area contributed by atoms with E-state index in [1.807, 2.05) is 12.1 Å². The number of urea groups is 1. The quantitative estimate of drug-likeness (QED) is 0.874. The van der Waals surface area contributed by atoms with E-state index in [0.717, 1.165) is 18.7 Å². The van der Waals surface area contributed by atoms with Gasteiger partial charge in [0, 0.05) is 29.4 Å². The summed E-state index contributed by atoms with van der Waals surface area (Å²) in [5.41, 5.74) is 1.06. The first-order chi connectivity index (χ1) is 11.4. The van der Waals surface area contributed by atoms with Gasteiger partial charge in [-0.25, -0.2) is 4.79 Å². The fourth-order valence-corrected chi connectivity index (χ4v) is 4.55. The molecule has 4 rings (SSSR count). The van der Waals surface area contributed by atoms with Crippen LogP contribution in [0, 0.1) is 11.3 Å². The SMILES string of the molecule is CC(C)(C)c1ccc(NC(=O)N[C@H]2[C@@H]3CCO[C@@H]3C23CCC3)nn1. The molecule has 0 unspecified atom stereocenters. The highest BCUT2D eigenvalue weighted by Crippen LogP contribution is 2.62. The molecule has 2 N–H and O–H groups in total. The van der Waals surface area contributed by atoms with Gasteiger partial charge in [0.2, 0.25) is 0 Å². The van der Waals surface area contributed by atoms with E-state index in [1.165, 1.54) is 19.3 Å². The molecule has 2 saturated carbocycles. The van der Waals surface area contributed by atoms with E-state index in [9.17, 15) is 4.79 Å². The number of ether oxygens (including phenoxy) is 1. The maximum absolute atomic E-state index is 12.4. The van der Waals surface area contributed by atoms with Crippen LogP contribution in [0.4, 0.5) is 10.6 Å². The molecule has 24 heavy (non-hydrogen) atoms. The van der Waals surface area contributed by atoms with E-state index < -0.39 is 0 Å². The van der Waals surface area contributed by atoms with Crippen molar-refractivity contribution >= 4 is 11.8 Å². The number of rotatable bonds is 2. The van der Waals surface area contributed by atoms with E-state index in [4.69, 9.17) is 4.74 Å². The molecule has 0 bridgehead atoms. The van der Waals surface area contributed by atoms with Crippen LogP contribution in [0.1, 0.15) is 52.1 Å². The smallest absolute Gasteiger partial charge is 0.320 e. The van der Waals surface area contributed by atoms with Crippen LogP contribution in [0.25, 0.3) is 0 Å². The lowest BCUT2D eigenvalue weighted by Gasteiger charge is -2.63. The summed E-state index contributed by atoms with van der Waals surface area (Å²) in [6.07, 6.45) is 4.99. The van der Waals surface area contributed by atoms with Gasteiger partial charge in [-0.2, -0.15) is 5.10 Å². The number of fused-ring (bicyclic) bond motifs is 2. The summed E-state index contributed by atoms with van der Waals surface area (Å²) in [5.74, 6) is 0.965. The normalized spacial score (nSPS) is 30.2. The van der Waals surface area contributed by atoms with Crippen LogP contribution >= 0.6 is 0 Å². The number of anilines is 1. The van der Waals surface area contributed by atoms with Crippen LogP contribution in [-0.2, 0) is 10.2 Å². The van der Waals surface area contributed by atoms with E-state index in [1.54, 1.807) is 0 Å². The molecule has 2 amide bonds. The van der Waals surface area contributed by atoms with Crippen LogP contribution in [0.15, 0.2) is 12.1 Å². The van der Waals surface area contributed by atoms with Crippen molar-refractivity contribution in [1.29, 1.82) is 0 Å². The third kappa shape index (κ3) is 2.39. The molecule has 2 heterocycles. The average molecular weight is 330 g/mol. The van der Waals surface area contributed by atoms with E-state index in [0.29, 0.717) is 17.8 Å². The van der Waals surface area contributed by atoms with Crippen LogP contribution in [0.3, 0.4) is 0 Å². The van der Waals surface area contributed by atoms with Crippen LogP contribution in [0.2, 0.25) is 0 Å². The minimum absolute atomic E-state index is 0.0478. The fraction of sp³-hybridized carbons (Fsp3) is 0.722. The van der Waals surface area contributed by atoms with Gasteiger partial charge >= 0.3 is 6.03 Å². The standard InChI is InChI=1S/C18H26N4O2/c1-17(2,3)12-5-6-13(22-21-12)19-16(23)20-14-11-7-10-24-15(11)18(14)8-4-9-18/h5-6,11,14-15H,4,7-10H2,1-3H3,(H2,19,20,22,23)/t11-,14-,15-/m0/s1. The maximum Gasteiger partial charge on any atom is 0.320 e. The van der Waals surface area contributed by atoms with Gasteiger partial charge in [0.25, 0.3) is 0 Å². The van der Waals surface area contributed by atoms with Gasteiger partial charge in [-0.15, -0.1) is 5.10 Å². The van der Waals surface area contributed by atoms with Gasteiger partial charge in [-0.05, 0) is 31.4 Å². The first-order valence-corrected chi connectivity index (χ1v) is 8.93. The molecule has 3 atom stereocenters. The molecular formula is C18H26N4O2. The number of aromatic nitrogens is 2. The van der Waals surface area contributed by atoms with Gasteiger partial charge in [0.1, 0.15) is 0 Å². The van der Waals surface area contributed by atoms with Crippen molar-refractivity contribution in [3.8, 4) is 0 Å². The largest absolute Gasteiger partial charge is 0.377 e. The Kier molecular flexibility index (Phi) is 3.56. The number of hydrogen-bond donors (Lipinski definition) is 2. The molecule has 6 heteroatoms. The Hall–Kier alpha value is -1.69.